The van der Waals surface area contributed by atoms with E-state index in [0.717, 1.165) is 24.5 Å². The number of hydrogen-bond acceptors (Lipinski definition) is 4. The molecule has 1 saturated heterocycles. The summed E-state index contributed by atoms with van der Waals surface area (Å²) < 4.78 is 5.11. The Balaban J connectivity index is 1.28. The van der Waals surface area contributed by atoms with Gasteiger partial charge in [-0.3, -0.25) is 9.59 Å². The maximum atomic E-state index is 12.4. The number of ether oxygens (including phenoxy) is 1. The number of carbonyl (C=O) groups excluding carboxylic acids is 2. The molecule has 6 heteroatoms. The average Bonchev–Trinajstić information content (AvgIpc) is 3.35. The summed E-state index contributed by atoms with van der Waals surface area (Å²) in [5.74, 6) is -0.0154. The van der Waals surface area contributed by atoms with E-state index < -0.39 is 0 Å². The van der Waals surface area contributed by atoms with Crippen LogP contribution in [0.4, 0.5) is 17.1 Å². The van der Waals surface area contributed by atoms with E-state index in [1.807, 2.05) is 24.3 Å². The number of amides is 2. The predicted octanol–water partition coefficient (Wildman–Crippen LogP) is 3.51. The van der Waals surface area contributed by atoms with E-state index in [1.54, 1.807) is 31.4 Å². The highest BCUT2D eigenvalue weighted by Gasteiger charge is 2.48. The second-order valence-electron chi connectivity index (χ2n) is 7.40. The first-order valence-electron chi connectivity index (χ1n) is 9.75. The monoisotopic (exact) mass is 379 g/mol. The zero-order chi connectivity index (χ0) is 19.5. The predicted molar refractivity (Wildman–Crippen MR) is 110 cm³/mol. The summed E-state index contributed by atoms with van der Waals surface area (Å²) in [6.45, 7) is 2.19. The third kappa shape index (κ3) is 4.11. The van der Waals surface area contributed by atoms with Crippen LogP contribution in [0.2, 0.25) is 0 Å². The van der Waals surface area contributed by atoms with Gasteiger partial charge in [0.15, 0.2) is 0 Å². The quantitative estimate of drug-likeness (QED) is 0.806. The minimum absolute atomic E-state index is 0.0937. The molecule has 0 spiro atoms. The van der Waals surface area contributed by atoms with Crippen LogP contribution in [-0.4, -0.2) is 32.0 Å². The number of benzene rings is 2. The van der Waals surface area contributed by atoms with Crippen LogP contribution < -0.4 is 20.3 Å². The zero-order valence-electron chi connectivity index (χ0n) is 16.0. The topological polar surface area (TPSA) is 70.7 Å². The molecular weight excluding hydrogens is 354 g/mol. The highest BCUT2D eigenvalue weighted by molar-refractivity contribution is 6.03. The minimum Gasteiger partial charge on any atom is -0.497 e. The summed E-state index contributed by atoms with van der Waals surface area (Å²) in [4.78, 5) is 27.2. The van der Waals surface area contributed by atoms with Crippen LogP contribution in [0.15, 0.2) is 48.5 Å². The van der Waals surface area contributed by atoms with Crippen molar-refractivity contribution >= 4 is 28.9 Å². The van der Waals surface area contributed by atoms with Crippen LogP contribution in [0, 0.1) is 11.8 Å². The lowest BCUT2D eigenvalue weighted by atomic mass is 10.2. The Morgan fingerprint density at radius 2 is 1.36 bits per heavy atom. The maximum Gasteiger partial charge on any atom is 0.228 e. The van der Waals surface area contributed by atoms with Gasteiger partial charge in [0, 0.05) is 30.2 Å². The van der Waals surface area contributed by atoms with Gasteiger partial charge in [0.1, 0.15) is 5.75 Å². The molecule has 6 nitrogen and oxygen atoms in total. The smallest absolute Gasteiger partial charge is 0.228 e. The number of carbonyl (C=O) groups is 2. The molecule has 4 rings (SSSR count). The van der Waals surface area contributed by atoms with Crippen molar-refractivity contribution < 1.29 is 14.3 Å². The van der Waals surface area contributed by atoms with Crippen molar-refractivity contribution in [2.45, 2.75) is 19.3 Å². The van der Waals surface area contributed by atoms with Crippen molar-refractivity contribution in [3.05, 3.63) is 48.5 Å². The Hall–Kier alpha value is -3.02. The SMILES string of the molecule is COc1ccc(NC(=O)C2CC2C(=O)Nc2ccc(N3CCCC3)cc2)cc1. The fourth-order valence-electron chi connectivity index (χ4n) is 3.65. The lowest BCUT2D eigenvalue weighted by Gasteiger charge is -2.17. The summed E-state index contributed by atoms with van der Waals surface area (Å²) in [6.07, 6.45) is 3.06. The van der Waals surface area contributed by atoms with Gasteiger partial charge in [0.2, 0.25) is 11.8 Å². The van der Waals surface area contributed by atoms with Gasteiger partial charge in [0.05, 0.1) is 18.9 Å². The van der Waals surface area contributed by atoms with Gasteiger partial charge in [-0.25, -0.2) is 0 Å². The molecule has 2 aliphatic rings. The van der Waals surface area contributed by atoms with Crippen molar-refractivity contribution in [3.8, 4) is 5.75 Å². The molecule has 146 valence electrons. The molecule has 2 N–H and O–H groups in total. The molecule has 2 aromatic carbocycles. The fourth-order valence-corrected chi connectivity index (χ4v) is 3.65. The number of nitrogens with zero attached hydrogens (tertiary/aromatic N) is 1. The Bertz CT molecular complexity index is 842. The number of anilines is 3. The standard InChI is InChI=1S/C22H25N3O3/c1-28-18-10-6-16(7-11-18)24-22(27)20-14-19(20)21(26)23-15-4-8-17(9-5-15)25-12-2-3-13-25/h4-11,19-20H,2-3,12-14H2,1H3,(H,23,26)(H,24,27). The first-order chi connectivity index (χ1) is 13.6. The van der Waals surface area contributed by atoms with Gasteiger partial charge in [-0.2, -0.15) is 0 Å². The second-order valence-corrected chi connectivity index (χ2v) is 7.40. The zero-order valence-corrected chi connectivity index (χ0v) is 16.0. The summed E-state index contributed by atoms with van der Waals surface area (Å²) in [6, 6.07) is 15.1. The molecule has 0 bridgehead atoms. The molecule has 1 aliphatic heterocycles. The van der Waals surface area contributed by atoms with Crippen molar-refractivity contribution in [1.29, 1.82) is 0 Å². The summed E-state index contributed by atoms with van der Waals surface area (Å²) in [5, 5.41) is 5.79. The number of methoxy groups -OCH3 is 1. The highest BCUT2D eigenvalue weighted by atomic mass is 16.5. The van der Waals surface area contributed by atoms with Gasteiger partial charge in [-0.1, -0.05) is 0 Å². The molecule has 2 aromatic rings. The average molecular weight is 379 g/mol. The molecule has 2 amide bonds. The fraction of sp³-hybridized carbons (Fsp3) is 0.364. The minimum atomic E-state index is -0.272. The van der Waals surface area contributed by atoms with Crippen molar-refractivity contribution in [2.24, 2.45) is 11.8 Å². The van der Waals surface area contributed by atoms with Gasteiger partial charge in [0.25, 0.3) is 0 Å². The van der Waals surface area contributed by atoms with Gasteiger partial charge >= 0.3 is 0 Å². The number of hydrogen-bond donors (Lipinski definition) is 2. The summed E-state index contributed by atoms with van der Waals surface area (Å²) in [7, 11) is 1.60. The molecule has 28 heavy (non-hydrogen) atoms. The van der Waals surface area contributed by atoms with Crippen molar-refractivity contribution in [1.82, 2.24) is 0 Å². The molecular formula is C22H25N3O3. The largest absolute Gasteiger partial charge is 0.497 e. The molecule has 0 aromatic heterocycles. The van der Waals surface area contributed by atoms with E-state index in [1.165, 1.54) is 18.5 Å². The van der Waals surface area contributed by atoms with Crippen LogP contribution in [0.3, 0.4) is 0 Å². The van der Waals surface area contributed by atoms with Crippen LogP contribution >= 0.6 is 0 Å². The third-order valence-electron chi connectivity index (χ3n) is 5.43. The first-order valence-corrected chi connectivity index (χ1v) is 9.75. The van der Waals surface area contributed by atoms with E-state index in [4.69, 9.17) is 4.74 Å². The molecule has 2 fully saturated rings. The molecule has 0 radical (unpaired) electrons. The summed E-state index contributed by atoms with van der Waals surface area (Å²) in [5.41, 5.74) is 2.67. The van der Waals surface area contributed by atoms with Crippen molar-refractivity contribution in [2.75, 3.05) is 35.7 Å². The van der Waals surface area contributed by atoms with E-state index in [9.17, 15) is 9.59 Å². The molecule has 2 atom stereocenters. The molecule has 1 aliphatic carbocycles. The van der Waals surface area contributed by atoms with E-state index >= 15 is 0 Å². The van der Waals surface area contributed by atoms with Gasteiger partial charge < -0.3 is 20.3 Å². The highest BCUT2D eigenvalue weighted by Crippen LogP contribution is 2.40. The lowest BCUT2D eigenvalue weighted by molar-refractivity contribution is -0.122. The maximum absolute atomic E-state index is 12.4. The van der Waals surface area contributed by atoms with E-state index in [-0.39, 0.29) is 23.7 Å². The Labute approximate surface area is 164 Å². The van der Waals surface area contributed by atoms with E-state index in [2.05, 4.69) is 15.5 Å². The van der Waals surface area contributed by atoms with Crippen LogP contribution in [0.25, 0.3) is 0 Å². The van der Waals surface area contributed by atoms with Gasteiger partial charge in [-0.05, 0) is 67.8 Å². The molecule has 1 heterocycles. The normalized spacial score (nSPS) is 20.5. The number of nitrogens with one attached hydrogen (secondary N) is 2. The Morgan fingerprint density at radius 1 is 0.857 bits per heavy atom. The Morgan fingerprint density at radius 3 is 1.86 bits per heavy atom. The second kappa shape index (κ2) is 7.92. The lowest BCUT2D eigenvalue weighted by Crippen LogP contribution is -2.21. The van der Waals surface area contributed by atoms with E-state index in [0.29, 0.717) is 12.1 Å². The van der Waals surface area contributed by atoms with Crippen LogP contribution in [-0.2, 0) is 9.59 Å². The Kier molecular flexibility index (Phi) is 5.19. The molecule has 1 saturated carbocycles. The van der Waals surface area contributed by atoms with Crippen LogP contribution in [0.1, 0.15) is 19.3 Å². The van der Waals surface area contributed by atoms with Crippen LogP contribution in [0.5, 0.6) is 5.75 Å². The van der Waals surface area contributed by atoms with Gasteiger partial charge in [-0.15, -0.1) is 0 Å². The third-order valence-corrected chi connectivity index (χ3v) is 5.43. The number of rotatable bonds is 6. The molecule has 2 unspecified atom stereocenters. The van der Waals surface area contributed by atoms with Crippen molar-refractivity contribution in [3.63, 3.8) is 0 Å². The summed E-state index contributed by atoms with van der Waals surface area (Å²) >= 11 is 0. The first kappa shape index (κ1) is 18.3.